The molecule has 2 amide bonds. The molecule has 0 aliphatic carbocycles. The van der Waals surface area contributed by atoms with Gasteiger partial charge in [0.25, 0.3) is 5.91 Å². The number of aromatic carboxylic acids is 1. The van der Waals surface area contributed by atoms with Crippen LogP contribution in [-0.4, -0.2) is 30.0 Å². The van der Waals surface area contributed by atoms with Crippen LogP contribution in [0.25, 0.3) is 0 Å². The van der Waals surface area contributed by atoms with Crippen LogP contribution in [-0.2, 0) is 4.79 Å². The zero-order valence-electron chi connectivity index (χ0n) is 20.2. The Morgan fingerprint density at radius 1 is 0.816 bits per heavy atom. The molecule has 0 radical (unpaired) electrons. The fourth-order valence-corrected chi connectivity index (χ4v) is 5.04. The summed E-state index contributed by atoms with van der Waals surface area (Å²) < 4.78 is 5.18. The summed E-state index contributed by atoms with van der Waals surface area (Å²) in [5.41, 5.74) is 1.75. The van der Waals surface area contributed by atoms with Gasteiger partial charge < -0.3 is 20.5 Å². The van der Waals surface area contributed by atoms with Crippen molar-refractivity contribution in [3.63, 3.8) is 0 Å². The number of thioether (sulfide) groups is 1. The predicted octanol–water partition coefficient (Wildman–Crippen LogP) is 6.77. The molecule has 0 saturated carbocycles. The zero-order chi connectivity index (χ0) is 27.1. The fourth-order valence-electron chi connectivity index (χ4n) is 3.70. The highest BCUT2D eigenvalue weighted by molar-refractivity contribution is 8.00. The lowest BCUT2D eigenvalue weighted by molar-refractivity contribution is -0.115. The molecule has 0 aliphatic rings. The van der Waals surface area contributed by atoms with Gasteiger partial charge in [-0.3, -0.25) is 9.59 Å². The second kappa shape index (κ2) is 12.3. The molecule has 38 heavy (non-hydrogen) atoms. The summed E-state index contributed by atoms with van der Waals surface area (Å²) in [6.07, 6.45) is 0. The molecule has 3 N–H and O–H groups in total. The van der Waals surface area contributed by atoms with Crippen LogP contribution in [0.15, 0.2) is 102 Å². The molecule has 1 unspecified atom stereocenters. The van der Waals surface area contributed by atoms with E-state index in [-0.39, 0.29) is 17.0 Å². The van der Waals surface area contributed by atoms with Crippen molar-refractivity contribution >= 4 is 52.5 Å². The van der Waals surface area contributed by atoms with Gasteiger partial charge in [0, 0.05) is 16.3 Å². The van der Waals surface area contributed by atoms with E-state index < -0.39 is 17.1 Å². The number of ether oxygens (including phenoxy) is 1. The molecule has 4 aromatic carbocycles. The van der Waals surface area contributed by atoms with E-state index in [1.165, 1.54) is 31.0 Å². The second-order valence-electron chi connectivity index (χ2n) is 8.08. The molecule has 192 valence electrons. The number of carbonyl (C=O) groups is 3. The van der Waals surface area contributed by atoms with Gasteiger partial charge in [-0.1, -0.05) is 60.1 Å². The summed E-state index contributed by atoms with van der Waals surface area (Å²) in [4.78, 5) is 38.4. The van der Waals surface area contributed by atoms with E-state index >= 15 is 0 Å². The molecule has 0 fully saturated rings. The lowest BCUT2D eigenvalue weighted by atomic mass is 10.1. The maximum absolute atomic E-state index is 13.4. The topological polar surface area (TPSA) is 105 Å². The van der Waals surface area contributed by atoms with E-state index in [9.17, 15) is 19.5 Å². The fraction of sp³-hybridized carbons (Fsp3) is 0.0690. The largest absolute Gasteiger partial charge is 0.495 e. The number of benzene rings is 4. The van der Waals surface area contributed by atoms with Gasteiger partial charge in [-0.05, 0) is 54.1 Å². The van der Waals surface area contributed by atoms with Crippen molar-refractivity contribution in [2.24, 2.45) is 0 Å². The van der Waals surface area contributed by atoms with Crippen molar-refractivity contribution in [3.8, 4) is 5.75 Å². The van der Waals surface area contributed by atoms with Crippen molar-refractivity contribution < 1.29 is 24.2 Å². The quantitative estimate of drug-likeness (QED) is 0.200. The minimum absolute atomic E-state index is 0.0535. The number of rotatable bonds is 9. The number of hydrogen-bond donors (Lipinski definition) is 3. The number of nitrogens with one attached hydrogen (secondary N) is 2. The third kappa shape index (κ3) is 6.53. The Kier molecular flexibility index (Phi) is 8.68. The lowest BCUT2D eigenvalue weighted by Crippen LogP contribution is -2.19. The van der Waals surface area contributed by atoms with Gasteiger partial charge in [0.1, 0.15) is 11.0 Å². The van der Waals surface area contributed by atoms with Crippen LogP contribution < -0.4 is 15.4 Å². The maximum atomic E-state index is 13.4. The second-order valence-corrected chi connectivity index (χ2v) is 9.67. The minimum Gasteiger partial charge on any atom is -0.495 e. The first-order valence-corrected chi connectivity index (χ1v) is 12.7. The summed E-state index contributed by atoms with van der Waals surface area (Å²) in [6.45, 7) is 0. The molecular weight excluding hydrogens is 524 g/mol. The van der Waals surface area contributed by atoms with Crippen molar-refractivity contribution in [1.82, 2.24) is 0 Å². The summed E-state index contributed by atoms with van der Waals surface area (Å²) in [5, 5.41) is 14.8. The van der Waals surface area contributed by atoms with E-state index in [1.807, 2.05) is 36.4 Å². The predicted molar refractivity (Wildman–Crippen MR) is 149 cm³/mol. The van der Waals surface area contributed by atoms with Crippen molar-refractivity contribution in [3.05, 3.63) is 119 Å². The molecule has 0 aromatic heterocycles. The van der Waals surface area contributed by atoms with Gasteiger partial charge >= 0.3 is 5.97 Å². The van der Waals surface area contributed by atoms with Crippen LogP contribution in [0.2, 0.25) is 5.02 Å². The Morgan fingerprint density at radius 2 is 1.50 bits per heavy atom. The molecule has 1 atom stereocenters. The molecule has 0 aliphatic heterocycles. The van der Waals surface area contributed by atoms with Crippen LogP contribution in [0.1, 0.15) is 31.5 Å². The van der Waals surface area contributed by atoms with Gasteiger partial charge in [-0.15, -0.1) is 11.8 Å². The van der Waals surface area contributed by atoms with E-state index in [0.717, 1.165) is 10.5 Å². The monoisotopic (exact) mass is 546 g/mol. The van der Waals surface area contributed by atoms with Crippen LogP contribution in [0.4, 0.5) is 11.4 Å². The Hall–Kier alpha value is -4.27. The zero-order valence-corrected chi connectivity index (χ0v) is 21.8. The average Bonchev–Trinajstić information content (AvgIpc) is 2.92. The Bertz CT molecular complexity index is 1480. The molecule has 4 rings (SSSR count). The van der Waals surface area contributed by atoms with Gasteiger partial charge in [0.2, 0.25) is 5.91 Å². The molecule has 7 nitrogen and oxygen atoms in total. The van der Waals surface area contributed by atoms with Crippen LogP contribution in [0.3, 0.4) is 0 Å². The number of methoxy groups -OCH3 is 1. The molecular formula is C29H23ClN2O5S. The molecule has 0 spiro atoms. The normalized spacial score (nSPS) is 11.3. The molecule has 4 aromatic rings. The maximum Gasteiger partial charge on any atom is 0.336 e. The van der Waals surface area contributed by atoms with Gasteiger partial charge in [0.05, 0.1) is 23.3 Å². The van der Waals surface area contributed by atoms with Gasteiger partial charge in [-0.2, -0.15) is 0 Å². The third-order valence-electron chi connectivity index (χ3n) is 5.51. The highest BCUT2D eigenvalue weighted by atomic mass is 35.5. The van der Waals surface area contributed by atoms with Crippen LogP contribution in [0, 0.1) is 0 Å². The Labute approximate surface area is 228 Å². The highest BCUT2D eigenvalue weighted by Crippen LogP contribution is 2.38. The first kappa shape index (κ1) is 26.8. The van der Waals surface area contributed by atoms with E-state index in [1.54, 1.807) is 48.5 Å². The number of amides is 2. The van der Waals surface area contributed by atoms with Crippen molar-refractivity contribution in [1.29, 1.82) is 0 Å². The van der Waals surface area contributed by atoms with E-state index in [4.69, 9.17) is 16.3 Å². The molecule has 0 saturated heterocycles. The van der Waals surface area contributed by atoms with E-state index in [0.29, 0.717) is 22.1 Å². The number of anilines is 2. The summed E-state index contributed by atoms with van der Waals surface area (Å²) in [5.74, 6) is -1.48. The standard InChI is InChI=1S/C29H23ClN2O5S/c1-37-25-15-14-20(17-24(25)30)32-28(34)26(18-8-3-2-4-9-18)38-21-11-7-10-19(16-21)31-27(33)22-12-5-6-13-23(22)29(35)36/h2-17,26H,1H3,(H,31,33)(H,32,34)(H,35,36). The Morgan fingerprint density at radius 3 is 2.18 bits per heavy atom. The van der Waals surface area contributed by atoms with Gasteiger partial charge in [-0.25, -0.2) is 4.79 Å². The van der Waals surface area contributed by atoms with Gasteiger partial charge in [0.15, 0.2) is 0 Å². The van der Waals surface area contributed by atoms with Crippen LogP contribution >= 0.6 is 23.4 Å². The van der Waals surface area contributed by atoms with E-state index in [2.05, 4.69) is 10.6 Å². The van der Waals surface area contributed by atoms with Crippen molar-refractivity contribution in [2.45, 2.75) is 10.1 Å². The lowest BCUT2D eigenvalue weighted by Gasteiger charge is -2.18. The summed E-state index contributed by atoms with van der Waals surface area (Å²) in [7, 11) is 1.52. The molecule has 0 heterocycles. The third-order valence-corrected chi connectivity index (χ3v) is 7.05. The Balaban J connectivity index is 1.56. The molecule has 9 heteroatoms. The first-order valence-electron chi connectivity index (χ1n) is 11.5. The number of carboxylic acid groups (broad SMARTS) is 1. The smallest absolute Gasteiger partial charge is 0.336 e. The minimum atomic E-state index is -1.19. The number of hydrogen-bond acceptors (Lipinski definition) is 5. The first-order chi connectivity index (χ1) is 18.4. The SMILES string of the molecule is COc1ccc(NC(=O)C(Sc2cccc(NC(=O)c3ccccc3C(=O)O)c2)c2ccccc2)cc1Cl. The summed E-state index contributed by atoms with van der Waals surface area (Å²) in [6, 6.07) is 27.4. The highest BCUT2D eigenvalue weighted by Gasteiger charge is 2.23. The molecule has 0 bridgehead atoms. The summed E-state index contributed by atoms with van der Waals surface area (Å²) >= 11 is 7.53. The van der Waals surface area contributed by atoms with Crippen LogP contribution in [0.5, 0.6) is 5.75 Å². The average molecular weight is 547 g/mol. The number of halogens is 1. The number of carboxylic acids is 1. The number of carbonyl (C=O) groups excluding carboxylic acids is 2. The van der Waals surface area contributed by atoms with Crippen molar-refractivity contribution in [2.75, 3.05) is 17.7 Å².